The number of piperazine rings is 1. The number of nitrogens with zero attached hydrogens (tertiary/aromatic N) is 4. The van der Waals surface area contributed by atoms with Gasteiger partial charge in [-0.15, -0.1) is 10.2 Å². The van der Waals surface area contributed by atoms with E-state index >= 15 is 0 Å². The Balaban J connectivity index is 1.74. The average molecular weight is 385 g/mol. The molecule has 1 aromatic heterocycles. The lowest BCUT2D eigenvalue weighted by atomic mass is 10.2. The predicted molar refractivity (Wildman–Crippen MR) is 105 cm³/mol. The molecular formula is C19H19ClN5S+. The van der Waals surface area contributed by atoms with Crippen molar-refractivity contribution in [3.63, 3.8) is 0 Å². The first kappa shape index (κ1) is 16.2. The third-order valence-electron chi connectivity index (χ3n) is 5.06. The number of likely N-dealkylation sites (N-methyl/N-ethyl adjacent to an activating group) is 1. The first-order chi connectivity index (χ1) is 12.7. The van der Waals surface area contributed by atoms with E-state index in [0.29, 0.717) is 0 Å². The third-order valence-corrected chi connectivity index (χ3v) is 6.43. The van der Waals surface area contributed by atoms with Crippen molar-refractivity contribution in [2.45, 2.75) is 9.79 Å². The fourth-order valence-corrected chi connectivity index (χ4v) is 4.79. The lowest BCUT2D eigenvalue weighted by Crippen LogP contribution is -3.12. The van der Waals surface area contributed by atoms with Crippen molar-refractivity contribution < 1.29 is 4.90 Å². The van der Waals surface area contributed by atoms with E-state index in [9.17, 15) is 0 Å². The van der Waals surface area contributed by atoms with Gasteiger partial charge in [-0.25, -0.2) is 0 Å². The van der Waals surface area contributed by atoms with Crippen LogP contribution in [-0.2, 0) is 0 Å². The van der Waals surface area contributed by atoms with Gasteiger partial charge in [0.25, 0.3) is 0 Å². The van der Waals surface area contributed by atoms with Crippen LogP contribution in [0, 0.1) is 0 Å². The van der Waals surface area contributed by atoms with Gasteiger partial charge in [-0.05, 0) is 24.3 Å². The summed E-state index contributed by atoms with van der Waals surface area (Å²) in [4.78, 5) is 6.26. The van der Waals surface area contributed by atoms with E-state index < -0.39 is 0 Å². The van der Waals surface area contributed by atoms with Gasteiger partial charge in [0.2, 0.25) is 5.95 Å². The van der Waals surface area contributed by atoms with E-state index in [1.165, 1.54) is 9.79 Å². The Morgan fingerprint density at radius 1 is 1.04 bits per heavy atom. The van der Waals surface area contributed by atoms with Gasteiger partial charge in [0.15, 0.2) is 5.82 Å². The van der Waals surface area contributed by atoms with Crippen LogP contribution in [0.5, 0.6) is 0 Å². The fourth-order valence-electron chi connectivity index (χ4n) is 3.58. The predicted octanol–water partition coefficient (Wildman–Crippen LogP) is 2.39. The fraction of sp³-hybridized carbons (Fsp3) is 0.263. The van der Waals surface area contributed by atoms with Gasteiger partial charge >= 0.3 is 0 Å². The van der Waals surface area contributed by atoms with Crippen LogP contribution in [0.2, 0.25) is 5.02 Å². The van der Waals surface area contributed by atoms with Crippen LogP contribution in [0.4, 0.5) is 5.95 Å². The van der Waals surface area contributed by atoms with Crippen molar-refractivity contribution in [1.29, 1.82) is 0 Å². The SMILES string of the molecule is C[NH+]1CCN(c2nnc3n2-c2cc(Cl)ccc2Sc2ccccc2-3)CC1. The van der Waals surface area contributed by atoms with Gasteiger partial charge in [0, 0.05) is 20.4 Å². The summed E-state index contributed by atoms with van der Waals surface area (Å²) in [5, 5.41) is 9.91. The van der Waals surface area contributed by atoms with Crippen molar-refractivity contribution in [3.8, 4) is 17.1 Å². The average Bonchev–Trinajstić information content (AvgIpc) is 3.03. The van der Waals surface area contributed by atoms with Crippen LogP contribution < -0.4 is 9.80 Å². The standard InChI is InChI=1S/C19H18ClN5S/c1-23-8-10-24(11-9-23)19-22-21-18-14-4-2-3-5-16(14)26-17-7-6-13(20)12-15(17)25(18)19/h2-7,12H,8-11H2,1H3/p+1. The maximum Gasteiger partial charge on any atom is 0.232 e. The number of quaternary nitrogens is 1. The molecule has 0 radical (unpaired) electrons. The smallest absolute Gasteiger partial charge is 0.232 e. The monoisotopic (exact) mass is 384 g/mol. The molecular weight excluding hydrogens is 366 g/mol. The van der Waals surface area contributed by atoms with Crippen LogP contribution in [0.1, 0.15) is 0 Å². The molecule has 0 aliphatic carbocycles. The summed E-state index contributed by atoms with van der Waals surface area (Å²) in [5.41, 5.74) is 2.17. The molecule has 1 N–H and O–H groups in total. The van der Waals surface area contributed by atoms with Gasteiger partial charge in [0.1, 0.15) is 0 Å². The number of aromatic nitrogens is 3. The number of rotatable bonds is 1. The van der Waals surface area contributed by atoms with Crippen molar-refractivity contribution >= 4 is 29.3 Å². The minimum Gasteiger partial charge on any atom is -0.334 e. The number of benzene rings is 2. The second-order valence-corrected chi connectivity index (χ2v) is 8.33. The van der Waals surface area contributed by atoms with E-state index in [0.717, 1.165) is 54.2 Å². The first-order valence-electron chi connectivity index (χ1n) is 8.79. The molecule has 0 atom stereocenters. The minimum atomic E-state index is 0.726. The van der Waals surface area contributed by atoms with E-state index in [1.807, 2.05) is 12.1 Å². The van der Waals surface area contributed by atoms with Crippen LogP contribution in [0.25, 0.3) is 17.1 Å². The summed E-state index contributed by atoms with van der Waals surface area (Å²) in [5.74, 6) is 1.80. The second kappa shape index (κ2) is 6.30. The van der Waals surface area contributed by atoms with Crippen LogP contribution in [0.15, 0.2) is 52.3 Å². The molecule has 2 aliphatic heterocycles. The molecule has 3 heterocycles. The molecule has 2 aromatic carbocycles. The van der Waals surface area contributed by atoms with E-state index in [2.05, 4.69) is 57.0 Å². The highest BCUT2D eigenvalue weighted by Crippen LogP contribution is 2.44. The van der Waals surface area contributed by atoms with Crippen molar-refractivity contribution in [2.75, 3.05) is 38.1 Å². The highest BCUT2D eigenvalue weighted by molar-refractivity contribution is 7.99. The third kappa shape index (κ3) is 2.60. The molecule has 1 saturated heterocycles. The number of fused-ring (bicyclic) bond motifs is 5. The molecule has 2 aliphatic rings. The summed E-state index contributed by atoms with van der Waals surface area (Å²) in [6.45, 7) is 4.18. The van der Waals surface area contributed by atoms with E-state index in [4.69, 9.17) is 11.6 Å². The van der Waals surface area contributed by atoms with Gasteiger partial charge < -0.3 is 9.80 Å². The summed E-state index contributed by atoms with van der Waals surface area (Å²) in [7, 11) is 2.24. The molecule has 7 heteroatoms. The Labute approximate surface area is 161 Å². The lowest BCUT2D eigenvalue weighted by Gasteiger charge is -2.30. The zero-order valence-electron chi connectivity index (χ0n) is 14.4. The van der Waals surface area contributed by atoms with Crippen molar-refractivity contribution in [3.05, 3.63) is 47.5 Å². The molecule has 0 spiro atoms. The molecule has 0 saturated carbocycles. The molecule has 5 nitrogen and oxygen atoms in total. The summed E-state index contributed by atoms with van der Waals surface area (Å²) < 4.78 is 2.18. The summed E-state index contributed by atoms with van der Waals surface area (Å²) >= 11 is 8.11. The molecule has 0 bridgehead atoms. The van der Waals surface area contributed by atoms with Gasteiger partial charge in [-0.1, -0.05) is 41.6 Å². The second-order valence-electron chi connectivity index (χ2n) is 6.81. The van der Waals surface area contributed by atoms with E-state index in [1.54, 1.807) is 16.7 Å². The number of hydrogen-bond donors (Lipinski definition) is 1. The van der Waals surface area contributed by atoms with Crippen LogP contribution in [-0.4, -0.2) is 48.0 Å². The molecule has 26 heavy (non-hydrogen) atoms. The maximum atomic E-state index is 6.35. The first-order valence-corrected chi connectivity index (χ1v) is 9.99. The normalized spacial score (nSPS) is 16.6. The van der Waals surface area contributed by atoms with Crippen LogP contribution in [0.3, 0.4) is 0 Å². The summed E-state index contributed by atoms with van der Waals surface area (Å²) in [6.07, 6.45) is 0. The highest BCUT2D eigenvalue weighted by Gasteiger charge is 2.28. The Hall–Kier alpha value is -2.02. The van der Waals surface area contributed by atoms with Gasteiger partial charge in [-0.3, -0.25) is 4.57 Å². The molecule has 5 rings (SSSR count). The van der Waals surface area contributed by atoms with Crippen molar-refractivity contribution in [1.82, 2.24) is 14.8 Å². The van der Waals surface area contributed by atoms with Crippen LogP contribution >= 0.6 is 23.4 Å². The quantitative estimate of drug-likeness (QED) is 0.547. The highest BCUT2D eigenvalue weighted by atomic mass is 35.5. The topological polar surface area (TPSA) is 38.4 Å². The van der Waals surface area contributed by atoms with E-state index in [-0.39, 0.29) is 0 Å². The Kier molecular flexibility index (Phi) is 3.92. The number of hydrogen-bond acceptors (Lipinski definition) is 4. The molecule has 0 amide bonds. The zero-order chi connectivity index (χ0) is 17.7. The maximum absolute atomic E-state index is 6.35. The zero-order valence-corrected chi connectivity index (χ0v) is 16.0. The lowest BCUT2D eigenvalue weighted by molar-refractivity contribution is -0.880. The molecule has 0 unspecified atom stereocenters. The Morgan fingerprint density at radius 2 is 1.85 bits per heavy atom. The van der Waals surface area contributed by atoms with Gasteiger partial charge in [0.05, 0.1) is 38.9 Å². The molecule has 1 fully saturated rings. The largest absolute Gasteiger partial charge is 0.334 e. The Morgan fingerprint density at radius 3 is 2.69 bits per heavy atom. The molecule has 3 aromatic rings. The number of anilines is 1. The van der Waals surface area contributed by atoms with Crippen molar-refractivity contribution in [2.24, 2.45) is 0 Å². The van der Waals surface area contributed by atoms with Gasteiger partial charge in [-0.2, -0.15) is 0 Å². The molecule has 132 valence electrons. The number of nitrogens with one attached hydrogen (secondary N) is 1. The minimum absolute atomic E-state index is 0.726. The Bertz CT molecular complexity index is 978. The summed E-state index contributed by atoms with van der Waals surface area (Å²) in [6, 6.07) is 14.4. The number of halogens is 1.